The molecule has 0 fully saturated rings. The standard InChI is InChI=1S/C17H17ClN2O3/c1-11-9-12(17(22)23-2)3-8-15(11)19-10-16(21)20-14-6-4-13(18)5-7-14/h3-9,19H,10H2,1-2H3,(H,20,21). The van der Waals surface area contributed by atoms with E-state index < -0.39 is 0 Å². The number of nitrogens with one attached hydrogen (secondary N) is 2. The van der Waals surface area contributed by atoms with Gasteiger partial charge in [-0.25, -0.2) is 4.79 Å². The fourth-order valence-corrected chi connectivity index (χ4v) is 2.15. The molecule has 0 aliphatic rings. The molecule has 0 heterocycles. The maximum Gasteiger partial charge on any atom is 0.337 e. The molecule has 2 aromatic rings. The Morgan fingerprint density at radius 3 is 2.43 bits per heavy atom. The highest BCUT2D eigenvalue weighted by Gasteiger charge is 2.08. The topological polar surface area (TPSA) is 67.4 Å². The van der Waals surface area contributed by atoms with Crippen molar-refractivity contribution in [2.75, 3.05) is 24.3 Å². The molecular weight excluding hydrogens is 316 g/mol. The fraction of sp³-hybridized carbons (Fsp3) is 0.176. The van der Waals surface area contributed by atoms with E-state index in [4.69, 9.17) is 11.6 Å². The summed E-state index contributed by atoms with van der Waals surface area (Å²) in [4.78, 5) is 23.4. The second-order valence-corrected chi connectivity index (χ2v) is 5.37. The first-order chi connectivity index (χ1) is 11.0. The molecule has 0 aromatic heterocycles. The van der Waals surface area contributed by atoms with Crippen LogP contribution in [-0.2, 0) is 9.53 Å². The van der Waals surface area contributed by atoms with E-state index >= 15 is 0 Å². The van der Waals surface area contributed by atoms with Crippen molar-refractivity contribution in [3.8, 4) is 0 Å². The first-order valence-electron chi connectivity index (χ1n) is 6.98. The molecule has 0 aliphatic heterocycles. The van der Waals surface area contributed by atoms with Crippen LogP contribution in [0.4, 0.5) is 11.4 Å². The first kappa shape index (κ1) is 16.8. The van der Waals surface area contributed by atoms with Crippen molar-refractivity contribution in [3.63, 3.8) is 0 Å². The quantitative estimate of drug-likeness (QED) is 0.822. The molecule has 0 unspecified atom stereocenters. The van der Waals surface area contributed by atoms with E-state index in [0.29, 0.717) is 16.3 Å². The van der Waals surface area contributed by atoms with Crippen LogP contribution in [0, 0.1) is 6.92 Å². The van der Waals surface area contributed by atoms with Gasteiger partial charge in [0, 0.05) is 16.4 Å². The molecule has 0 radical (unpaired) electrons. The van der Waals surface area contributed by atoms with E-state index in [9.17, 15) is 9.59 Å². The number of ether oxygens (including phenoxy) is 1. The SMILES string of the molecule is COC(=O)c1ccc(NCC(=O)Nc2ccc(Cl)cc2)c(C)c1. The largest absolute Gasteiger partial charge is 0.465 e. The predicted octanol–water partition coefficient (Wildman–Crippen LogP) is 3.49. The summed E-state index contributed by atoms with van der Waals surface area (Å²) in [6.07, 6.45) is 0. The Bertz CT molecular complexity index is 714. The number of hydrogen-bond acceptors (Lipinski definition) is 4. The summed E-state index contributed by atoms with van der Waals surface area (Å²) in [5.41, 5.74) is 2.79. The lowest BCUT2D eigenvalue weighted by Crippen LogP contribution is -2.22. The van der Waals surface area contributed by atoms with Crippen LogP contribution >= 0.6 is 11.6 Å². The molecule has 5 nitrogen and oxygen atoms in total. The van der Waals surface area contributed by atoms with Crippen LogP contribution in [0.1, 0.15) is 15.9 Å². The van der Waals surface area contributed by atoms with Gasteiger partial charge in [-0.05, 0) is 55.0 Å². The number of aryl methyl sites for hydroxylation is 1. The van der Waals surface area contributed by atoms with Crippen LogP contribution in [0.25, 0.3) is 0 Å². The minimum atomic E-state index is -0.389. The van der Waals surface area contributed by atoms with Crippen LogP contribution < -0.4 is 10.6 Å². The zero-order valence-electron chi connectivity index (χ0n) is 12.9. The van der Waals surface area contributed by atoms with E-state index in [2.05, 4.69) is 15.4 Å². The molecule has 0 aliphatic carbocycles. The van der Waals surface area contributed by atoms with E-state index in [0.717, 1.165) is 11.3 Å². The summed E-state index contributed by atoms with van der Waals surface area (Å²) >= 11 is 5.79. The molecule has 0 spiro atoms. The van der Waals surface area contributed by atoms with Crippen molar-refractivity contribution in [3.05, 3.63) is 58.6 Å². The summed E-state index contributed by atoms with van der Waals surface area (Å²) in [7, 11) is 1.34. The van der Waals surface area contributed by atoms with Gasteiger partial charge < -0.3 is 15.4 Å². The number of amides is 1. The Kier molecular flexibility index (Phi) is 5.60. The van der Waals surface area contributed by atoms with E-state index in [1.807, 2.05) is 6.92 Å². The van der Waals surface area contributed by atoms with Gasteiger partial charge in [0.05, 0.1) is 19.2 Å². The van der Waals surface area contributed by atoms with E-state index in [1.54, 1.807) is 42.5 Å². The fourth-order valence-electron chi connectivity index (χ4n) is 2.02. The summed E-state index contributed by atoms with van der Waals surface area (Å²) in [6, 6.07) is 12.0. The number of halogens is 1. The van der Waals surface area contributed by atoms with Gasteiger partial charge in [0.2, 0.25) is 5.91 Å². The molecule has 2 rings (SSSR count). The van der Waals surface area contributed by atoms with Crippen molar-refractivity contribution < 1.29 is 14.3 Å². The number of hydrogen-bond donors (Lipinski definition) is 2. The minimum Gasteiger partial charge on any atom is -0.465 e. The summed E-state index contributed by atoms with van der Waals surface area (Å²) < 4.78 is 4.67. The average Bonchev–Trinajstić information content (AvgIpc) is 2.55. The van der Waals surface area contributed by atoms with Crippen LogP contribution in [0.2, 0.25) is 5.02 Å². The van der Waals surface area contributed by atoms with Gasteiger partial charge in [-0.3, -0.25) is 4.79 Å². The Morgan fingerprint density at radius 1 is 1.13 bits per heavy atom. The molecule has 0 bridgehead atoms. The second-order valence-electron chi connectivity index (χ2n) is 4.93. The number of benzene rings is 2. The van der Waals surface area contributed by atoms with Crippen LogP contribution in [-0.4, -0.2) is 25.5 Å². The molecule has 1 amide bonds. The molecule has 0 atom stereocenters. The normalized spacial score (nSPS) is 10.0. The molecule has 0 saturated carbocycles. The van der Waals surface area contributed by atoms with Crippen LogP contribution in [0.3, 0.4) is 0 Å². The predicted molar refractivity (Wildman–Crippen MR) is 91.1 cm³/mol. The summed E-state index contributed by atoms with van der Waals surface area (Å²) in [5.74, 6) is -0.566. The van der Waals surface area contributed by atoms with Crippen molar-refractivity contribution >= 4 is 34.9 Å². The molecule has 2 N–H and O–H groups in total. The zero-order valence-corrected chi connectivity index (χ0v) is 13.6. The third-order valence-electron chi connectivity index (χ3n) is 3.21. The lowest BCUT2D eigenvalue weighted by Gasteiger charge is -2.11. The summed E-state index contributed by atoms with van der Waals surface area (Å²) in [5, 5.41) is 6.42. The number of anilines is 2. The highest BCUT2D eigenvalue weighted by molar-refractivity contribution is 6.30. The molecular formula is C17H17ClN2O3. The van der Waals surface area contributed by atoms with Crippen molar-refractivity contribution in [1.29, 1.82) is 0 Å². The molecule has 2 aromatic carbocycles. The highest BCUT2D eigenvalue weighted by atomic mass is 35.5. The number of esters is 1. The van der Waals surface area contributed by atoms with Gasteiger partial charge in [0.15, 0.2) is 0 Å². The maximum atomic E-state index is 11.9. The van der Waals surface area contributed by atoms with Crippen LogP contribution in [0.5, 0.6) is 0 Å². The number of carbonyl (C=O) groups is 2. The Balaban J connectivity index is 1.93. The minimum absolute atomic E-state index is 0.112. The van der Waals surface area contributed by atoms with Crippen molar-refractivity contribution in [2.45, 2.75) is 6.92 Å². The second kappa shape index (κ2) is 7.65. The molecule has 6 heteroatoms. The van der Waals surface area contributed by atoms with Gasteiger partial charge in [-0.15, -0.1) is 0 Å². The zero-order chi connectivity index (χ0) is 16.8. The Morgan fingerprint density at radius 2 is 1.83 bits per heavy atom. The van der Waals surface area contributed by atoms with E-state index in [1.165, 1.54) is 7.11 Å². The van der Waals surface area contributed by atoms with Crippen molar-refractivity contribution in [2.24, 2.45) is 0 Å². The van der Waals surface area contributed by atoms with Gasteiger partial charge in [0.25, 0.3) is 0 Å². The average molecular weight is 333 g/mol. The number of methoxy groups -OCH3 is 1. The third kappa shape index (κ3) is 4.72. The Labute approximate surface area is 139 Å². The smallest absolute Gasteiger partial charge is 0.337 e. The number of rotatable bonds is 5. The van der Waals surface area contributed by atoms with Gasteiger partial charge >= 0.3 is 5.97 Å². The van der Waals surface area contributed by atoms with E-state index in [-0.39, 0.29) is 18.4 Å². The third-order valence-corrected chi connectivity index (χ3v) is 3.47. The highest BCUT2D eigenvalue weighted by Crippen LogP contribution is 2.17. The van der Waals surface area contributed by atoms with Crippen molar-refractivity contribution in [1.82, 2.24) is 0 Å². The Hall–Kier alpha value is -2.53. The summed E-state index contributed by atoms with van der Waals surface area (Å²) in [6.45, 7) is 1.97. The van der Waals surface area contributed by atoms with Gasteiger partial charge in [0.1, 0.15) is 0 Å². The number of carbonyl (C=O) groups excluding carboxylic acids is 2. The van der Waals surface area contributed by atoms with Gasteiger partial charge in [-0.1, -0.05) is 11.6 Å². The molecule has 120 valence electrons. The lowest BCUT2D eigenvalue weighted by atomic mass is 10.1. The molecule has 0 saturated heterocycles. The first-order valence-corrected chi connectivity index (χ1v) is 7.35. The maximum absolute atomic E-state index is 11.9. The van der Waals surface area contributed by atoms with Crippen LogP contribution in [0.15, 0.2) is 42.5 Å². The lowest BCUT2D eigenvalue weighted by molar-refractivity contribution is -0.114. The van der Waals surface area contributed by atoms with Gasteiger partial charge in [-0.2, -0.15) is 0 Å². The molecule has 23 heavy (non-hydrogen) atoms. The monoisotopic (exact) mass is 332 g/mol.